The fourth-order valence-electron chi connectivity index (χ4n) is 3.15. The van der Waals surface area contributed by atoms with Crippen LogP contribution in [0.1, 0.15) is 21.8 Å². The number of thiazole rings is 1. The number of hydrogen-bond donors (Lipinski definition) is 1. The van der Waals surface area contributed by atoms with Gasteiger partial charge in [0.05, 0.1) is 23.7 Å². The van der Waals surface area contributed by atoms with E-state index in [2.05, 4.69) is 40.6 Å². The highest BCUT2D eigenvalue weighted by Crippen LogP contribution is 2.19. The molecule has 1 aromatic heterocycles. The minimum Gasteiger partial charge on any atom is -0.350 e. The molecule has 0 aliphatic carbocycles. The summed E-state index contributed by atoms with van der Waals surface area (Å²) in [4.78, 5) is 17.0. The highest BCUT2D eigenvalue weighted by molar-refractivity contribution is 7.09. The van der Waals surface area contributed by atoms with Gasteiger partial charge in [0.2, 0.25) is 5.91 Å². The van der Waals surface area contributed by atoms with Crippen LogP contribution >= 0.6 is 11.3 Å². The average Bonchev–Trinajstić information content (AvgIpc) is 3.15. The van der Waals surface area contributed by atoms with E-state index < -0.39 is 0 Å². The van der Waals surface area contributed by atoms with Crippen molar-refractivity contribution in [3.63, 3.8) is 0 Å². The first kappa shape index (κ1) is 17.4. The van der Waals surface area contributed by atoms with E-state index in [0.29, 0.717) is 13.0 Å². The topological polar surface area (TPSA) is 42.0 Å². The normalized spacial score (nSPS) is 10.8. The number of rotatable bonds is 6. The van der Waals surface area contributed by atoms with Crippen LogP contribution in [0, 0.1) is 0 Å². The summed E-state index contributed by atoms with van der Waals surface area (Å²) in [7, 11) is 0. The molecule has 0 saturated heterocycles. The van der Waals surface area contributed by atoms with Crippen molar-refractivity contribution >= 4 is 28.0 Å². The predicted octanol–water partition coefficient (Wildman–Crippen LogP) is 4.75. The lowest BCUT2D eigenvalue weighted by Crippen LogP contribution is -2.24. The second-order valence-electron chi connectivity index (χ2n) is 6.49. The summed E-state index contributed by atoms with van der Waals surface area (Å²) in [5.74, 6) is 0.0176. The van der Waals surface area contributed by atoms with Crippen molar-refractivity contribution in [3.05, 3.63) is 100 Å². The molecule has 0 bridgehead atoms. The summed E-state index contributed by atoms with van der Waals surface area (Å²) in [6.45, 7) is 0.467. The third kappa shape index (κ3) is 4.41. The second kappa shape index (κ2) is 8.14. The number of amides is 1. The van der Waals surface area contributed by atoms with Crippen LogP contribution in [0.5, 0.6) is 0 Å². The number of nitrogens with zero attached hydrogens (tertiary/aromatic N) is 1. The van der Waals surface area contributed by atoms with Crippen molar-refractivity contribution in [1.82, 2.24) is 10.3 Å². The third-order valence-corrected chi connectivity index (χ3v) is 5.39. The molecule has 0 spiro atoms. The number of nitrogens with one attached hydrogen (secondary N) is 1. The number of benzene rings is 3. The van der Waals surface area contributed by atoms with Crippen molar-refractivity contribution in [3.8, 4) is 0 Å². The molecule has 1 heterocycles. The lowest BCUT2D eigenvalue weighted by molar-refractivity contribution is -0.120. The van der Waals surface area contributed by atoms with E-state index in [1.165, 1.54) is 5.56 Å². The molecule has 4 rings (SSSR count). The largest absolute Gasteiger partial charge is 0.350 e. The van der Waals surface area contributed by atoms with Crippen LogP contribution in [0.3, 0.4) is 0 Å². The minimum atomic E-state index is 0.0176. The standard InChI is InChI=1S/C23H20N2OS/c26-22(14-19-11-6-10-18-9-4-5-12-21(18)19)24-15-20-16-27-23(25-20)13-17-7-2-1-3-8-17/h1-12,16H,13-15H2,(H,24,26). The van der Waals surface area contributed by atoms with Gasteiger partial charge in [-0.25, -0.2) is 4.98 Å². The molecule has 3 aromatic carbocycles. The molecular formula is C23H20N2OS. The predicted molar refractivity (Wildman–Crippen MR) is 111 cm³/mol. The summed E-state index contributed by atoms with van der Waals surface area (Å²) in [5, 5.41) is 8.38. The van der Waals surface area contributed by atoms with Gasteiger partial charge in [-0.1, -0.05) is 72.8 Å². The summed E-state index contributed by atoms with van der Waals surface area (Å²) >= 11 is 1.64. The molecule has 0 aliphatic rings. The van der Waals surface area contributed by atoms with E-state index in [4.69, 9.17) is 0 Å². The molecular weight excluding hydrogens is 352 g/mol. The molecule has 3 nitrogen and oxygen atoms in total. The van der Waals surface area contributed by atoms with Gasteiger partial charge in [0.15, 0.2) is 0 Å². The second-order valence-corrected chi connectivity index (χ2v) is 7.43. The van der Waals surface area contributed by atoms with E-state index in [9.17, 15) is 4.79 Å². The van der Waals surface area contributed by atoms with Crippen LogP contribution in [0.4, 0.5) is 0 Å². The minimum absolute atomic E-state index is 0.0176. The Morgan fingerprint density at radius 1 is 0.926 bits per heavy atom. The average molecular weight is 372 g/mol. The van der Waals surface area contributed by atoms with Crippen LogP contribution in [-0.2, 0) is 24.2 Å². The molecule has 0 saturated carbocycles. The van der Waals surface area contributed by atoms with Gasteiger partial charge in [-0.3, -0.25) is 4.79 Å². The first-order valence-corrected chi connectivity index (χ1v) is 9.86. The Hall–Kier alpha value is -2.98. The van der Waals surface area contributed by atoms with Crippen molar-refractivity contribution < 1.29 is 4.79 Å². The van der Waals surface area contributed by atoms with Crippen molar-refractivity contribution in [2.24, 2.45) is 0 Å². The summed E-state index contributed by atoms with van der Waals surface area (Å²) in [6, 6.07) is 24.5. The molecule has 1 amide bonds. The molecule has 134 valence electrons. The van der Waals surface area contributed by atoms with Gasteiger partial charge in [-0.2, -0.15) is 0 Å². The molecule has 4 aromatic rings. The van der Waals surface area contributed by atoms with Gasteiger partial charge >= 0.3 is 0 Å². The van der Waals surface area contributed by atoms with Gasteiger partial charge in [-0.05, 0) is 21.9 Å². The van der Waals surface area contributed by atoms with Gasteiger partial charge in [0, 0.05) is 11.8 Å². The third-order valence-electron chi connectivity index (χ3n) is 4.50. The SMILES string of the molecule is O=C(Cc1cccc2ccccc12)NCc1csc(Cc2ccccc2)n1. The first-order chi connectivity index (χ1) is 13.3. The van der Waals surface area contributed by atoms with Crippen molar-refractivity contribution in [2.45, 2.75) is 19.4 Å². The molecule has 1 N–H and O–H groups in total. The zero-order chi connectivity index (χ0) is 18.5. The van der Waals surface area contributed by atoms with Crippen molar-refractivity contribution in [2.75, 3.05) is 0 Å². The zero-order valence-corrected chi connectivity index (χ0v) is 15.7. The van der Waals surface area contributed by atoms with E-state index in [0.717, 1.165) is 33.5 Å². The Morgan fingerprint density at radius 2 is 1.70 bits per heavy atom. The lowest BCUT2D eigenvalue weighted by Gasteiger charge is -2.07. The summed E-state index contributed by atoms with van der Waals surface area (Å²) < 4.78 is 0. The Balaban J connectivity index is 1.35. The Kier molecular flexibility index (Phi) is 5.26. The molecule has 0 unspecified atom stereocenters. The van der Waals surface area contributed by atoms with Crippen LogP contribution < -0.4 is 5.32 Å². The number of carbonyl (C=O) groups is 1. The van der Waals surface area contributed by atoms with Crippen LogP contribution in [0.15, 0.2) is 78.2 Å². The Bertz CT molecular complexity index is 1050. The van der Waals surface area contributed by atoms with Crippen LogP contribution in [-0.4, -0.2) is 10.9 Å². The zero-order valence-electron chi connectivity index (χ0n) is 14.9. The molecule has 4 heteroatoms. The van der Waals surface area contributed by atoms with E-state index in [1.54, 1.807) is 11.3 Å². The maximum Gasteiger partial charge on any atom is 0.224 e. The van der Waals surface area contributed by atoms with E-state index in [-0.39, 0.29) is 5.91 Å². The molecule has 0 fully saturated rings. The maximum atomic E-state index is 12.4. The van der Waals surface area contributed by atoms with Gasteiger partial charge in [0.1, 0.15) is 0 Å². The fraction of sp³-hybridized carbons (Fsp3) is 0.130. The molecule has 0 radical (unpaired) electrons. The molecule has 0 atom stereocenters. The van der Waals surface area contributed by atoms with Crippen molar-refractivity contribution in [1.29, 1.82) is 0 Å². The maximum absolute atomic E-state index is 12.4. The van der Waals surface area contributed by atoms with Crippen LogP contribution in [0.2, 0.25) is 0 Å². The Morgan fingerprint density at radius 3 is 2.59 bits per heavy atom. The van der Waals surface area contributed by atoms with Gasteiger partial charge in [0.25, 0.3) is 0 Å². The summed E-state index contributed by atoms with van der Waals surface area (Å²) in [5.41, 5.74) is 3.21. The van der Waals surface area contributed by atoms with E-state index in [1.807, 2.05) is 47.8 Å². The monoisotopic (exact) mass is 372 g/mol. The quantitative estimate of drug-likeness (QED) is 0.531. The number of carbonyl (C=O) groups excluding carboxylic acids is 1. The lowest BCUT2D eigenvalue weighted by atomic mass is 10.0. The molecule has 0 aliphatic heterocycles. The van der Waals surface area contributed by atoms with E-state index >= 15 is 0 Å². The Labute approximate surface area is 162 Å². The number of aromatic nitrogens is 1. The van der Waals surface area contributed by atoms with Gasteiger partial charge in [-0.15, -0.1) is 11.3 Å². The smallest absolute Gasteiger partial charge is 0.224 e. The van der Waals surface area contributed by atoms with Crippen LogP contribution in [0.25, 0.3) is 10.8 Å². The summed E-state index contributed by atoms with van der Waals surface area (Å²) in [6.07, 6.45) is 1.21. The number of hydrogen-bond acceptors (Lipinski definition) is 3. The van der Waals surface area contributed by atoms with Gasteiger partial charge < -0.3 is 5.32 Å². The fourth-order valence-corrected chi connectivity index (χ4v) is 3.98. The highest BCUT2D eigenvalue weighted by atomic mass is 32.1. The highest BCUT2D eigenvalue weighted by Gasteiger charge is 2.08. The number of fused-ring (bicyclic) bond motifs is 1. The first-order valence-electron chi connectivity index (χ1n) is 8.98. The molecule has 27 heavy (non-hydrogen) atoms.